The average Bonchev–Trinajstić information content (AvgIpc) is 2.66. The third-order valence-electron chi connectivity index (χ3n) is 4.29. The van der Waals surface area contributed by atoms with Gasteiger partial charge >= 0.3 is 0 Å². The number of aromatic nitrogens is 2. The number of amides is 1. The molecule has 0 fully saturated rings. The van der Waals surface area contributed by atoms with Gasteiger partial charge in [-0.3, -0.25) is 19.7 Å². The second-order valence-electron chi connectivity index (χ2n) is 6.19. The Balaban J connectivity index is 1.86. The fourth-order valence-electron chi connectivity index (χ4n) is 2.81. The standard InChI is InChI=1S/C18H16FN5O4/c19-12-3-1-10(2-4-12)5-11(17(20)25)8-21-15-7-14-13(6-16(15)24(27)28)18(26)23-9-22-14/h1-4,6-7,9,11,21H,5,8H2,(H2,20,25)(H,22,23,26). The van der Waals surface area contributed by atoms with Gasteiger partial charge in [-0.15, -0.1) is 0 Å². The molecule has 144 valence electrons. The normalized spacial score (nSPS) is 11.9. The lowest BCUT2D eigenvalue weighted by molar-refractivity contribution is -0.383. The molecule has 0 radical (unpaired) electrons. The molecule has 4 N–H and O–H groups in total. The van der Waals surface area contributed by atoms with Crippen LogP contribution in [0.5, 0.6) is 0 Å². The van der Waals surface area contributed by atoms with E-state index in [1.165, 1.54) is 24.5 Å². The second-order valence-corrected chi connectivity index (χ2v) is 6.19. The Morgan fingerprint density at radius 2 is 2.04 bits per heavy atom. The molecule has 0 saturated heterocycles. The van der Waals surface area contributed by atoms with E-state index >= 15 is 0 Å². The number of nitro groups is 1. The summed E-state index contributed by atoms with van der Waals surface area (Å²) in [5.74, 6) is -1.69. The summed E-state index contributed by atoms with van der Waals surface area (Å²) in [6.07, 6.45) is 1.43. The van der Waals surface area contributed by atoms with Crippen molar-refractivity contribution in [3.05, 3.63) is 74.6 Å². The van der Waals surface area contributed by atoms with Gasteiger partial charge in [-0.05, 0) is 30.2 Å². The maximum atomic E-state index is 13.0. The van der Waals surface area contributed by atoms with Gasteiger partial charge in [-0.25, -0.2) is 9.37 Å². The predicted octanol–water partition coefficient (Wildman–Crippen LogP) is 1.73. The molecule has 0 spiro atoms. The molecule has 28 heavy (non-hydrogen) atoms. The SMILES string of the molecule is NC(=O)C(CNc1cc2nc[nH]c(=O)c2cc1[N+](=O)[O-])Cc1ccc(F)cc1. The van der Waals surface area contributed by atoms with E-state index in [0.717, 1.165) is 6.07 Å². The van der Waals surface area contributed by atoms with Crippen molar-refractivity contribution >= 4 is 28.2 Å². The first-order chi connectivity index (χ1) is 13.3. The molecule has 0 aliphatic rings. The Morgan fingerprint density at radius 1 is 1.32 bits per heavy atom. The number of primary amides is 1. The molecule has 1 aromatic heterocycles. The molecule has 3 rings (SSSR count). The topological polar surface area (TPSA) is 144 Å². The number of anilines is 1. The van der Waals surface area contributed by atoms with Crippen molar-refractivity contribution in [3.63, 3.8) is 0 Å². The fourth-order valence-corrected chi connectivity index (χ4v) is 2.81. The van der Waals surface area contributed by atoms with Gasteiger partial charge in [-0.2, -0.15) is 0 Å². The van der Waals surface area contributed by atoms with Crippen LogP contribution in [-0.4, -0.2) is 27.3 Å². The van der Waals surface area contributed by atoms with Gasteiger partial charge in [0, 0.05) is 12.6 Å². The number of aromatic amines is 1. The van der Waals surface area contributed by atoms with Crippen LogP contribution in [0.2, 0.25) is 0 Å². The number of hydrogen-bond donors (Lipinski definition) is 3. The Morgan fingerprint density at radius 3 is 2.68 bits per heavy atom. The third-order valence-corrected chi connectivity index (χ3v) is 4.29. The number of nitro benzene ring substituents is 1. The summed E-state index contributed by atoms with van der Waals surface area (Å²) in [5.41, 5.74) is 5.71. The molecule has 0 aliphatic heterocycles. The molecule has 0 bridgehead atoms. The molecular formula is C18H16FN5O4. The maximum absolute atomic E-state index is 13.0. The average molecular weight is 385 g/mol. The summed E-state index contributed by atoms with van der Waals surface area (Å²) in [6, 6.07) is 8.14. The molecule has 3 aromatic rings. The highest BCUT2D eigenvalue weighted by Gasteiger charge is 2.21. The number of hydrogen-bond acceptors (Lipinski definition) is 6. The van der Waals surface area contributed by atoms with Crippen molar-refractivity contribution in [3.8, 4) is 0 Å². The van der Waals surface area contributed by atoms with Crippen LogP contribution in [0.1, 0.15) is 5.56 Å². The van der Waals surface area contributed by atoms with Crippen molar-refractivity contribution < 1.29 is 14.1 Å². The minimum Gasteiger partial charge on any atom is -0.379 e. The molecule has 0 saturated carbocycles. The fraction of sp³-hybridized carbons (Fsp3) is 0.167. The number of carbonyl (C=O) groups is 1. The molecule has 1 unspecified atom stereocenters. The lowest BCUT2D eigenvalue weighted by Gasteiger charge is -2.15. The number of nitrogens with zero attached hydrogens (tertiary/aromatic N) is 2. The Hall–Kier alpha value is -3.82. The van der Waals surface area contributed by atoms with Crippen LogP contribution >= 0.6 is 0 Å². The second kappa shape index (κ2) is 7.82. The van der Waals surface area contributed by atoms with E-state index in [1.807, 2.05) is 0 Å². The van der Waals surface area contributed by atoms with Gasteiger partial charge in [0.2, 0.25) is 5.91 Å². The minimum absolute atomic E-state index is 0.0161. The summed E-state index contributed by atoms with van der Waals surface area (Å²) < 4.78 is 13.0. The maximum Gasteiger partial charge on any atom is 0.293 e. The van der Waals surface area contributed by atoms with Gasteiger partial charge in [0.25, 0.3) is 11.2 Å². The van der Waals surface area contributed by atoms with Crippen LogP contribution in [0.4, 0.5) is 15.8 Å². The molecule has 1 heterocycles. The Labute approximate surface area is 157 Å². The third kappa shape index (κ3) is 4.11. The number of fused-ring (bicyclic) bond motifs is 1. The van der Waals surface area contributed by atoms with Crippen LogP contribution in [0.25, 0.3) is 10.9 Å². The van der Waals surface area contributed by atoms with E-state index in [0.29, 0.717) is 5.56 Å². The van der Waals surface area contributed by atoms with Crippen molar-refractivity contribution in [1.82, 2.24) is 9.97 Å². The van der Waals surface area contributed by atoms with Crippen LogP contribution in [0.15, 0.2) is 47.5 Å². The lowest BCUT2D eigenvalue weighted by atomic mass is 9.98. The van der Waals surface area contributed by atoms with E-state index in [2.05, 4.69) is 15.3 Å². The summed E-state index contributed by atoms with van der Waals surface area (Å²) in [6.45, 7) is 0.0161. The van der Waals surface area contributed by atoms with Gasteiger partial charge < -0.3 is 16.0 Å². The predicted molar refractivity (Wildman–Crippen MR) is 100 cm³/mol. The highest BCUT2D eigenvalue weighted by atomic mass is 19.1. The summed E-state index contributed by atoms with van der Waals surface area (Å²) in [7, 11) is 0. The number of nitrogens with two attached hydrogens (primary N) is 1. The van der Waals surface area contributed by atoms with E-state index in [-0.39, 0.29) is 35.2 Å². The Bertz CT molecular complexity index is 1100. The van der Waals surface area contributed by atoms with Gasteiger partial charge in [0.05, 0.1) is 28.1 Å². The number of halogens is 1. The van der Waals surface area contributed by atoms with Crippen LogP contribution < -0.4 is 16.6 Å². The molecule has 0 aliphatic carbocycles. The molecule has 10 heteroatoms. The highest BCUT2D eigenvalue weighted by Crippen LogP contribution is 2.28. The van der Waals surface area contributed by atoms with Crippen LogP contribution in [0.3, 0.4) is 0 Å². The number of rotatable bonds is 7. The van der Waals surface area contributed by atoms with Crippen molar-refractivity contribution in [2.75, 3.05) is 11.9 Å². The van der Waals surface area contributed by atoms with Gasteiger partial charge in [-0.1, -0.05) is 12.1 Å². The van der Waals surface area contributed by atoms with Gasteiger partial charge in [0.15, 0.2) is 0 Å². The summed E-state index contributed by atoms with van der Waals surface area (Å²) >= 11 is 0. The smallest absolute Gasteiger partial charge is 0.293 e. The number of nitrogens with one attached hydrogen (secondary N) is 2. The molecule has 9 nitrogen and oxygen atoms in total. The van der Waals surface area contributed by atoms with Crippen molar-refractivity contribution in [2.24, 2.45) is 11.7 Å². The van der Waals surface area contributed by atoms with Crippen molar-refractivity contribution in [1.29, 1.82) is 0 Å². The molecule has 1 amide bonds. The zero-order valence-corrected chi connectivity index (χ0v) is 14.5. The largest absolute Gasteiger partial charge is 0.379 e. The zero-order chi connectivity index (χ0) is 20.3. The first-order valence-corrected chi connectivity index (χ1v) is 8.28. The van der Waals surface area contributed by atoms with Crippen LogP contribution in [-0.2, 0) is 11.2 Å². The molecule has 1 atom stereocenters. The monoisotopic (exact) mass is 385 g/mol. The molecular weight excluding hydrogens is 369 g/mol. The highest BCUT2D eigenvalue weighted by molar-refractivity contribution is 5.87. The quantitative estimate of drug-likeness (QED) is 0.417. The van der Waals surface area contributed by atoms with E-state index in [4.69, 9.17) is 5.73 Å². The van der Waals surface area contributed by atoms with Gasteiger partial charge in [0.1, 0.15) is 11.5 Å². The van der Waals surface area contributed by atoms with Crippen molar-refractivity contribution in [2.45, 2.75) is 6.42 Å². The van der Waals surface area contributed by atoms with Crippen LogP contribution in [0, 0.1) is 21.8 Å². The molecule has 2 aromatic carbocycles. The zero-order valence-electron chi connectivity index (χ0n) is 14.5. The Kier molecular flexibility index (Phi) is 5.30. The number of H-pyrrole nitrogens is 1. The van der Waals surface area contributed by atoms with E-state index in [1.54, 1.807) is 12.1 Å². The first-order valence-electron chi connectivity index (χ1n) is 8.28. The van der Waals surface area contributed by atoms with E-state index in [9.17, 15) is 24.1 Å². The summed E-state index contributed by atoms with van der Waals surface area (Å²) in [5, 5.41) is 14.3. The lowest BCUT2D eigenvalue weighted by Crippen LogP contribution is -2.31. The number of benzene rings is 2. The summed E-state index contributed by atoms with van der Waals surface area (Å²) in [4.78, 5) is 40.7. The minimum atomic E-state index is -0.687. The number of carbonyl (C=O) groups excluding carboxylic acids is 1. The van der Waals surface area contributed by atoms with E-state index < -0.39 is 28.1 Å². The first kappa shape index (κ1) is 19.0.